The molecule has 1 fully saturated rings. The molecule has 0 atom stereocenters. The minimum absolute atomic E-state index is 0.0742. The zero-order chi connectivity index (χ0) is 14.8. The summed E-state index contributed by atoms with van der Waals surface area (Å²) in [4.78, 5) is 16.8. The van der Waals surface area contributed by atoms with E-state index < -0.39 is 4.92 Å². The Labute approximate surface area is 122 Å². The average Bonchev–Trinajstić information content (AvgIpc) is 3.01. The predicted octanol–water partition coefficient (Wildman–Crippen LogP) is 2.34. The van der Waals surface area contributed by atoms with Crippen LogP contribution in [0.15, 0.2) is 30.7 Å². The van der Waals surface area contributed by atoms with E-state index >= 15 is 0 Å². The smallest absolute Gasteiger partial charge is 0.290 e. The molecule has 2 aromatic rings. The van der Waals surface area contributed by atoms with Crippen LogP contribution in [0.1, 0.15) is 24.4 Å². The Kier molecular flexibility index (Phi) is 3.55. The molecule has 0 saturated carbocycles. The molecule has 7 heteroatoms. The predicted molar refractivity (Wildman–Crippen MR) is 78.3 cm³/mol. The first-order valence-corrected chi connectivity index (χ1v) is 7.00. The van der Waals surface area contributed by atoms with Crippen molar-refractivity contribution in [1.29, 1.82) is 0 Å². The lowest BCUT2D eigenvalue weighted by molar-refractivity contribution is -0.385. The van der Waals surface area contributed by atoms with Crippen LogP contribution < -0.4 is 4.90 Å². The largest absolute Gasteiger partial charge is 0.356 e. The second-order valence-corrected chi connectivity index (χ2v) is 5.29. The van der Waals surface area contributed by atoms with E-state index in [1.54, 1.807) is 19.2 Å². The molecule has 1 aliphatic rings. The first-order valence-electron chi connectivity index (χ1n) is 7.00. The molecule has 3 rings (SSSR count). The molecule has 1 saturated heterocycles. The lowest BCUT2D eigenvalue weighted by atomic mass is 10.1. The molecule has 0 spiro atoms. The molecule has 0 amide bonds. The van der Waals surface area contributed by atoms with Crippen LogP contribution in [-0.4, -0.2) is 32.8 Å². The summed E-state index contributed by atoms with van der Waals surface area (Å²) in [5.41, 5.74) is 0.726. The van der Waals surface area contributed by atoms with Gasteiger partial charge < -0.3 is 4.90 Å². The van der Waals surface area contributed by atoms with Crippen LogP contribution in [0.4, 0.5) is 11.5 Å². The van der Waals surface area contributed by atoms with Crippen molar-refractivity contribution in [2.75, 3.05) is 18.0 Å². The molecule has 0 aromatic carbocycles. The Balaban J connectivity index is 1.69. The Bertz CT molecular complexity index is 633. The normalized spacial score (nSPS) is 16.1. The molecule has 0 bridgehead atoms. The Morgan fingerprint density at radius 3 is 2.71 bits per heavy atom. The minimum Gasteiger partial charge on any atom is -0.356 e. The van der Waals surface area contributed by atoms with Gasteiger partial charge in [-0.3, -0.25) is 14.8 Å². The van der Waals surface area contributed by atoms with Gasteiger partial charge in [-0.15, -0.1) is 0 Å². The van der Waals surface area contributed by atoms with E-state index in [4.69, 9.17) is 0 Å². The number of aryl methyl sites for hydroxylation is 1. The molecule has 1 aliphatic heterocycles. The van der Waals surface area contributed by atoms with Gasteiger partial charge in [-0.2, -0.15) is 5.10 Å². The summed E-state index contributed by atoms with van der Waals surface area (Å²) in [6.07, 6.45) is 7.14. The lowest BCUT2D eigenvalue weighted by Gasteiger charge is -2.32. The van der Waals surface area contributed by atoms with Gasteiger partial charge in [-0.25, -0.2) is 4.98 Å². The van der Waals surface area contributed by atoms with Gasteiger partial charge in [-0.05, 0) is 31.9 Å². The number of piperidine rings is 1. The molecule has 7 nitrogen and oxygen atoms in total. The van der Waals surface area contributed by atoms with Crippen LogP contribution >= 0.6 is 0 Å². The number of hydrogen-bond acceptors (Lipinski definition) is 5. The number of aromatic nitrogens is 3. The first kappa shape index (κ1) is 13.5. The monoisotopic (exact) mass is 287 g/mol. The van der Waals surface area contributed by atoms with Crippen LogP contribution in [0.3, 0.4) is 0 Å². The number of rotatable bonds is 3. The fourth-order valence-corrected chi connectivity index (χ4v) is 2.75. The fourth-order valence-electron chi connectivity index (χ4n) is 2.75. The number of anilines is 1. The highest BCUT2D eigenvalue weighted by atomic mass is 16.6. The number of hydrogen-bond donors (Lipinski definition) is 0. The Hall–Kier alpha value is -2.44. The van der Waals surface area contributed by atoms with Crippen molar-refractivity contribution in [2.24, 2.45) is 0 Å². The molecule has 0 radical (unpaired) electrons. The van der Waals surface area contributed by atoms with E-state index in [0.717, 1.165) is 31.7 Å². The highest BCUT2D eigenvalue weighted by Gasteiger charge is 2.22. The van der Waals surface area contributed by atoms with Crippen LogP contribution in [0, 0.1) is 17.0 Å². The molecule has 2 aromatic heterocycles. The minimum atomic E-state index is -0.393. The molecule has 110 valence electrons. The van der Waals surface area contributed by atoms with Gasteiger partial charge in [0.25, 0.3) is 5.69 Å². The standard InChI is InChI=1S/C14H17N5O2/c1-11-9-14(15-10-13(11)19(20)21)17-7-3-12(4-8-17)18-6-2-5-16-18/h2,5-6,9-10,12H,3-4,7-8H2,1H3. The lowest BCUT2D eigenvalue weighted by Crippen LogP contribution is -2.35. The average molecular weight is 287 g/mol. The zero-order valence-electron chi connectivity index (χ0n) is 11.8. The molecule has 0 unspecified atom stereocenters. The van der Waals surface area contributed by atoms with Crippen molar-refractivity contribution < 1.29 is 4.92 Å². The first-order chi connectivity index (χ1) is 10.1. The number of nitro groups is 1. The number of pyridine rings is 1. The summed E-state index contributed by atoms with van der Waals surface area (Å²) in [5, 5.41) is 15.1. The molecular formula is C14H17N5O2. The third-order valence-electron chi connectivity index (χ3n) is 3.95. The van der Waals surface area contributed by atoms with Crippen molar-refractivity contribution >= 4 is 11.5 Å². The van der Waals surface area contributed by atoms with Crippen LogP contribution in [0.25, 0.3) is 0 Å². The summed E-state index contributed by atoms with van der Waals surface area (Å²) in [5.74, 6) is 0.817. The van der Waals surface area contributed by atoms with E-state index in [2.05, 4.69) is 15.0 Å². The van der Waals surface area contributed by atoms with Crippen molar-refractivity contribution in [3.63, 3.8) is 0 Å². The van der Waals surface area contributed by atoms with Gasteiger partial charge in [0.2, 0.25) is 0 Å². The highest BCUT2D eigenvalue weighted by molar-refractivity contribution is 5.48. The Morgan fingerprint density at radius 1 is 1.38 bits per heavy atom. The van der Waals surface area contributed by atoms with E-state index in [1.807, 2.05) is 16.9 Å². The second kappa shape index (κ2) is 5.51. The van der Waals surface area contributed by atoms with E-state index in [1.165, 1.54) is 6.20 Å². The maximum atomic E-state index is 10.8. The molecular weight excluding hydrogens is 270 g/mol. The van der Waals surface area contributed by atoms with E-state index in [9.17, 15) is 10.1 Å². The molecule has 0 N–H and O–H groups in total. The Morgan fingerprint density at radius 2 is 2.14 bits per heavy atom. The van der Waals surface area contributed by atoms with Crippen molar-refractivity contribution in [1.82, 2.24) is 14.8 Å². The maximum absolute atomic E-state index is 10.8. The zero-order valence-corrected chi connectivity index (χ0v) is 11.8. The third kappa shape index (κ3) is 2.72. The van der Waals surface area contributed by atoms with Crippen LogP contribution in [-0.2, 0) is 0 Å². The quantitative estimate of drug-likeness (QED) is 0.639. The van der Waals surface area contributed by atoms with Crippen LogP contribution in [0.2, 0.25) is 0 Å². The molecule has 0 aliphatic carbocycles. The summed E-state index contributed by atoms with van der Waals surface area (Å²) in [6.45, 7) is 3.52. The van der Waals surface area contributed by atoms with Gasteiger partial charge in [0.05, 0.1) is 11.0 Å². The van der Waals surface area contributed by atoms with Crippen LogP contribution in [0.5, 0.6) is 0 Å². The van der Waals surface area contributed by atoms with Gasteiger partial charge in [-0.1, -0.05) is 0 Å². The maximum Gasteiger partial charge on any atom is 0.290 e. The topological polar surface area (TPSA) is 77.1 Å². The summed E-state index contributed by atoms with van der Waals surface area (Å²) in [7, 11) is 0. The van der Waals surface area contributed by atoms with Gasteiger partial charge in [0.1, 0.15) is 12.0 Å². The highest BCUT2D eigenvalue weighted by Crippen LogP contribution is 2.27. The van der Waals surface area contributed by atoms with Crippen molar-refractivity contribution in [2.45, 2.75) is 25.8 Å². The van der Waals surface area contributed by atoms with Crippen molar-refractivity contribution in [3.05, 3.63) is 46.4 Å². The van der Waals surface area contributed by atoms with Gasteiger partial charge >= 0.3 is 0 Å². The van der Waals surface area contributed by atoms with Gasteiger partial charge in [0, 0.05) is 31.0 Å². The van der Waals surface area contributed by atoms with Gasteiger partial charge in [0.15, 0.2) is 0 Å². The third-order valence-corrected chi connectivity index (χ3v) is 3.95. The molecule has 21 heavy (non-hydrogen) atoms. The SMILES string of the molecule is Cc1cc(N2CCC(n3cccn3)CC2)ncc1[N+](=O)[O-]. The summed E-state index contributed by atoms with van der Waals surface area (Å²) in [6, 6.07) is 4.16. The second-order valence-electron chi connectivity index (χ2n) is 5.29. The summed E-state index contributed by atoms with van der Waals surface area (Å²) >= 11 is 0. The van der Waals surface area contributed by atoms with Crippen molar-refractivity contribution in [3.8, 4) is 0 Å². The fraction of sp³-hybridized carbons (Fsp3) is 0.429. The van der Waals surface area contributed by atoms with E-state index in [-0.39, 0.29) is 5.69 Å². The molecule has 3 heterocycles. The summed E-state index contributed by atoms with van der Waals surface area (Å²) < 4.78 is 2.01. The number of nitrogens with zero attached hydrogens (tertiary/aromatic N) is 5. The van der Waals surface area contributed by atoms with E-state index in [0.29, 0.717) is 11.6 Å².